The minimum atomic E-state index is -4.38. The van der Waals surface area contributed by atoms with E-state index in [1.54, 1.807) is 6.07 Å². The smallest absolute Gasteiger partial charge is 0.355 e. The van der Waals surface area contributed by atoms with Gasteiger partial charge in [0.15, 0.2) is 0 Å². The molecule has 0 unspecified atom stereocenters. The summed E-state index contributed by atoms with van der Waals surface area (Å²) in [5.41, 5.74) is 5.62. The number of aromatic nitrogens is 1. The number of H-pyrrole nitrogens is 1. The van der Waals surface area contributed by atoms with Crippen LogP contribution in [-0.4, -0.2) is 4.98 Å². The third-order valence-corrected chi connectivity index (χ3v) is 5.55. The summed E-state index contributed by atoms with van der Waals surface area (Å²) >= 11 is 0. The molecule has 0 amide bonds. The number of halogens is 3. The largest absolute Gasteiger partial charge is 0.416 e. The summed E-state index contributed by atoms with van der Waals surface area (Å²) in [6.45, 7) is 3.94. The molecule has 1 heterocycles. The van der Waals surface area contributed by atoms with Crippen molar-refractivity contribution in [1.82, 2.24) is 4.98 Å². The predicted molar refractivity (Wildman–Crippen MR) is 127 cm³/mol. The van der Waals surface area contributed by atoms with Crippen molar-refractivity contribution in [3.63, 3.8) is 0 Å². The number of hydrogen-bond acceptors (Lipinski definition) is 0. The van der Waals surface area contributed by atoms with Crippen LogP contribution in [0.2, 0.25) is 0 Å². The van der Waals surface area contributed by atoms with Crippen LogP contribution in [0.3, 0.4) is 0 Å². The van der Waals surface area contributed by atoms with E-state index in [9.17, 15) is 13.2 Å². The summed E-state index contributed by atoms with van der Waals surface area (Å²) in [4.78, 5) is 3.47. The van der Waals surface area contributed by atoms with Crippen LogP contribution in [0.1, 0.15) is 48.2 Å². The van der Waals surface area contributed by atoms with Gasteiger partial charge >= 0.3 is 6.18 Å². The van der Waals surface area contributed by atoms with Gasteiger partial charge < -0.3 is 4.98 Å². The molecule has 4 rings (SSSR count). The van der Waals surface area contributed by atoms with Gasteiger partial charge in [0.25, 0.3) is 0 Å². The molecule has 0 aliphatic rings. The fourth-order valence-corrected chi connectivity index (χ4v) is 4.06. The molecule has 0 bridgehead atoms. The SMILES string of the molecule is C/C=C/c1ccc(/C(=C(/CC)c2cccc(C(F)(F)F)c2)c2cc3ccccc3[nH]2)cc1. The van der Waals surface area contributed by atoms with Gasteiger partial charge in [0.05, 0.1) is 5.56 Å². The highest BCUT2D eigenvalue weighted by Crippen LogP contribution is 2.37. The summed E-state index contributed by atoms with van der Waals surface area (Å²) < 4.78 is 40.2. The molecule has 4 aromatic rings. The Hall–Kier alpha value is -3.53. The quantitative estimate of drug-likeness (QED) is 0.305. The highest BCUT2D eigenvalue weighted by atomic mass is 19.4. The zero-order valence-corrected chi connectivity index (χ0v) is 18.0. The van der Waals surface area contributed by atoms with E-state index >= 15 is 0 Å². The number of para-hydroxylation sites is 1. The van der Waals surface area contributed by atoms with E-state index in [4.69, 9.17) is 0 Å². The fourth-order valence-electron chi connectivity index (χ4n) is 4.06. The Morgan fingerprint density at radius 1 is 0.875 bits per heavy atom. The molecule has 0 saturated carbocycles. The maximum Gasteiger partial charge on any atom is 0.416 e. The van der Waals surface area contributed by atoms with E-state index in [1.807, 2.05) is 74.5 Å². The molecule has 0 radical (unpaired) electrons. The monoisotopic (exact) mass is 431 g/mol. The maximum absolute atomic E-state index is 13.4. The van der Waals surface area contributed by atoms with Crippen LogP contribution in [0.5, 0.6) is 0 Å². The first kappa shape index (κ1) is 21.7. The highest BCUT2D eigenvalue weighted by Gasteiger charge is 2.30. The normalized spacial score (nSPS) is 13.0. The number of nitrogens with one attached hydrogen (secondary N) is 1. The number of allylic oxidation sites excluding steroid dienone is 2. The lowest BCUT2D eigenvalue weighted by atomic mass is 9.89. The molecule has 0 fully saturated rings. The Morgan fingerprint density at radius 2 is 1.62 bits per heavy atom. The summed E-state index contributed by atoms with van der Waals surface area (Å²) in [5, 5.41) is 1.06. The molecule has 0 aliphatic carbocycles. The van der Waals surface area contributed by atoms with Gasteiger partial charge in [-0.2, -0.15) is 13.2 Å². The van der Waals surface area contributed by atoms with Crippen molar-refractivity contribution in [2.24, 2.45) is 0 Å². The van der Waals surface area contributed by atoms with Crippen LogP contribution in [-0.2, 0) is 6.18 Å². The first-order valence-corrected chi connectivity index (χ1v) is 10.6. The van der Waals surface area contributed by atoms with Crippen molar-refractivity contribution >= 4 is 28.1 Å². The van der Waals surface area contributed by atoms with Crippen molar-refractivity contribution in [2.45, 2.75) is 26.4 Å². The van der Waals surface area contributed by atoms with Gasteiger partial charge in [0.1, 0.15) is 0 Å². The molecule has 1 nitrogen and oxygen atoms in total. The number of aromatic amines is 1. The van der Waals surface area contributed by atoms with Crippen LogP contribution in [0.15, 0.2) is 84.9 Å². The first-order valence-electron chi connectivity index (χ1n) is 10.6. The van der Waals surface area contributed by atoms with E-state index in [0.29, 0.717) is 12.0 Å². The molecule has 32 heavy (non-hydrogen) atoms. The van der Waals surface area contributed by atoms with E-state index in [-0.39, 0.29) is 0 Å². The lowest BCUT2D eigenvalue weighted by Gasteiger charge is -2.16. The van der Waals surface area contributed by atoms with Crippen LogP contribution in [0.4, 0.5) is 13.2 Å². The average Bonchev–Trinajstić information content (AvgIpc) is 3.21. The molecule has 3 aromatic carbocycles. The zero-order valence-electron chi connectivity index (χ0n) is 18.0. The van der Waals surface area contributed by atoms with Gasteiger partial charge in [-0.25, -0.2) is 0 Å². The minimum absolute atomic E-state index is 0.577. The van der Waals surface area contributed by atoms with Crippen molar-refractivity contribution in [3.05, 3.63) is 113 Å². The van der Waals surface area contributed by atoms with Crippen LogP contribution < -0.4 is 0 Å². The Balaban J connectivity index is 1.97. The molecule has 1 aromatic heterocycles. The molecule has 4 heteroatoms. The van der Waals surface area contributed by atoms with E-state index in [0.717, 1.165) is 44.9 Å². The van der Waals surface area contributed by atoms with Crippen LogP contribution >= 0.6 is 0 Å². The van der Waals surface area contributed by atoms with Gasteiger partial charge in [-0.05, 0) is 59.9 Å². The number of hydrogen-bond donors (Lipinski definition) is 1. The van der Waals surface area contributed by atoms with Gasteiger partial charge in [0, 0.05) is 22.2 Å². The molecular formula is C28H24F3N. The molecular weight excluding hydrogens is 407 g/mol. The van der Waals surface area contributed by atoms with Gasteiger partial charge in [-0.1, -0.05) is 73.7 Å². The Morgan fingerprint density at radius 3 is 2.28 bits per heavy atom. The average molecular weight is 432 g/mol. The number of benzene rings is 3. The fraction of sp³-hybridized carbons (Fsp3) is 0.143. The summed E-state index contributed by atoms with van der Waals surface area (Å²) in [6, 6.07) is 23.7. The van der Waals surface area contributed by atoms with Crippen molar-refractivity contribution in [1.29, 1.82) is 0 Å². The summed E-state index contributed by atoms with van der Waals surface area (Å²) in [6.07, 6.45) is 0.195. The highest BCUT2D eigenvalue weighted by molar-refractivity contribution is 6.00. The minimum Gasteiger partial charge on any atom is -0.355 e. The van der Waals surface area contributed by atoms with E-state index in [1.165, 1.54) is 12.1 Å². The second-order valence-corrected chi connectivity index (χ2v) is 7.68. The molecule has 1 N–H and O–H groups in total. The van der Waals surface area contributed by atoms with Crippen molar-refractivity contribution < 1.29 is 13.2 Å². The van der Waals surface area contributed by atoms with Crippen LogP contribution in [0, 0.1) is 0 Å². The standard InChI is InChI=1S/C28H24F3N/c1-3-8-19-13-15-20(16-14-19)27(26-18-22-9-5-6-12-25(22)32-26)24(4-2)21-10-7-11-23(17-21)28(29,30)31/h3,5-18,32H,4H2,1-2H3/b8-3+,27-24+. The Kier molecular flexibility index (Phi) is 6.04. The van der Waals surface area contributed by atoms with Gasteiger partial charge in [0.2, 0.25) is 0 Å². The third-order valence-electron chi connectivity index (χ3n) is 5.55. The molecule has 0 spiro atoms. The molecule has 0 aliphatic heterocycles. The lowest BCUT2D eigenvalue weighted by Crippen LogP contribution is -2.05. The number of fused-ring (bicyclic) bond motifs is 1. The Bertz CT molecular complexity index is 1260. The third kappa shape index (κ3) is 4.40. The van der Waals surface area contributed by atoms with E-state index < -0.39 is 11.7 Å². The van der Waals surface area contributed by atoms with Crippen molar-refractivity contribution in [3.8, 4) is 0 Å². The van der Waals surface area contributed by atoms with Crippen LogP contribution in [0.25, 0.3) is 28.1 Å². The second kappa shape index (κ2) is 8.91. The Labute approximate surface area is 185 Å². The first-order chi connectivity index (χ1) is 15.4. The summed E-state index contributed by atoms with van der Waals surface area (Å²) in [5.74, 6) is 0. The molecule has 162 valence electrons. The van der Waals surface area contributed by atoms with Gasteiger partial charge in [-0.3, -0.25) is 0 Å². The van der Waals surface area contributed by atoms with E-state index in [2.05, 4.69) is 11.1 Å². The number of alkyl halides is 3. The van der Waals surface area contributed by atoms with Gasteiger partial charge in [-0.15, -0.1) is 0 Å². The molecule has 0 saturated heterocycles. The summed E-state index contributed by atoms with van der Waals surface area (Å²) in [7, 11) is 0. The van der Waals surface area contributed by atoms with Crippen molar-refractivity contribution in [2.75, 3.05) is 0 Å². The topological polar surface area (TPSA) is 15.8 Å². The lowest BCUT2D eigenvalue weighted by molar-refractivity contribution is -0.137. The molecule has 0 atom stereocenters. The maximum atomic E-state index is 13.4. The predicted octanol–water partition coefficient (Wildman–Crippen LogP) is 8.59. The number of rotatable bonds is 5. The second-order valence-electron chi connectivity index (χ2n) is 7.68. The zero-order chi connectivity index (χ0) is 22.7.